The molecular formula is C32H39BrN4O5S. The first-order valence-electron chi connectivity index (χ1n) is 15.1. The molecule has 2 aromatic carbocycles. The van der Waals surface area contributed by atoms with Gasteiger partial charge in [0.2, 0.25) is 11.8 Å². The van der Waals surface area contributed by atoms with E-state index in [2.05, 4.69) is 33.2 Å². The number of nitrogens with two attached hydrogens (primary N) is 1. The fourth-order valence-electron chi connectivity index (χ4n) is 6.17. The van der Waals surface area contributed by atoms with Gasteiger partial charge in [0.25, 0.3) is 5.19 Å². The van der Waals surface area contributed by atoms with E-state index in [0.717, 1.165) is 58.9 Å². The van der Waals surface area contributed by atoms with Gasteiger partial charge >= 0.3 is 5.97 Å². The summed E-state index contributed by atoms with van der Waals surface area (Å²) in [6.07, 6.45) is 6.28. The SMILES string of the molecule is CC(CCCCCCC(Nc1ccccc1)C(=O)N1CC(Oc2nc3ccc(Br)cc3s2)C[C@H]1C(N)=O)[C@@H]1C[C@@H]1C(=O)O. The minimum atomic E-state index is -0.750. The third-order valence-electron chi connectivity index (χ3n) is 8.68. The van der Waals surface area contributed by atoms with Crippen LogP contribution in [0.25, 0.3) is 10.2 Å². The molecule has 5 rings (SSSR count). The van der Waals surface area contributed by atoms with E-state index in [-0.39, 0.29) is 18.4 Å². The number of carbonyl (C=O) groups is 3. The van der Waals surface area contributed by atoms with Gasteiger partial charge in [-0.1, -0.05) is 84.5 Å². The standard InChI is InChI=1S/C32H39BrN4O5S/c1-19(23-17-24(23)31(40)41)9-5-2-3-8-12-26(35-21-10-6-4-7-11-21)30(39)37-18-22(16-27(37)29(34)38)42-32-36-25-14-13-20(33)15-28(25)43-32/h4,6-7,10-11,13-15,19,22-24,26-27,35H,2-3,5,8-9,12,16-18H2,1H3,(H2,34,38)(H,40,41)/t19?,22?,23-,24-,26?,27-/m0/s1. The number of anilines is 1. The number of hydrogen-bond donors (Lipinski definition) is 3. The summed E-state index contributed by atoms with van der Waals surface area (Å²) in [7, 11) is 0. The van der Waals surface area contributed by atoms with Crippen molar-refractivity contribution in [3.8, 4) is 5.19 Å². The van der Waals surface area contributed by atoms with Crippen molar-refractivity contribution in [2.75, 3.05) is 11.9 Å². The minimum Gasteiger partial charge on any atom is -0.481 e. The topological polar surface area (TPSA) is 135 Å². The second-order valence-corrected chi connectivity index (χ2v) is 13.8. The molecular weight excluding hydrogens is 632 g/mol. The number of nitrogens with one attached hydrogen (secondary N) is 1. The summed E-state index contributed by atoms with van der Waals surface area (Å²) in [4.78, 5) is 43.7. The summed E-state index contributed by atoms with van der Waals surface area (Å²) < 4.78 is 8.13. The largest absolute Gasteiger partial charge is 0.481 e. The van der Waals surface area contributed by atoms with Crippen LogP contribution in [-0.4, -0.2) is 57.5 Å². The Balaban J connectivity index is 1.18. The number of hydrogen-bond acceptors (Lipinski definition) is 7. The van der Waals surface area contributed by atoms with Crippen LogP contribution in [0.2, 0.25) is 0 Å². The maximum Gasteiger partial charge on any atom is 0.306 e. The van der Waals surface area contributed by atoms with Crippen LogP contribution in [0.5, 0.6) is 5.19 Å². The Labute approximate surface area is 264 Å². The van der Waals surface area contributed by atoms with Crippen LogP contribution in [0.3, 0.4) is 0 Å². The number of likely N-dealkylation sites (tertiary alicyclic amines) is 1. The van der Waals surface area contributed by atoms with Gasteiger partial charge in [-0.2, -0.15) is 0 Å². The van der Waals surface area contributed by atoms with E-state index in [4.69, 9.17) is 10.5 Å². The molecule has 43 heavy (non-hydrogen) atoms. The number of primary amides is 1. The summed E-state index contributed by atoms with van der Waals surface area (Å²) in [5.74, 6) is -0.781. The van der Waals surface area contributed by atoms with Crippen molar-refractivity contribution in [3.05, 3.63) is 53.0 Å². The third kappa shape index (κ3) is 8.06. The van der Waals surface area contributed by atoms with Crippen molar-refractivity contribution in [3.63, 3.8) is 0 Å². The molecule has 0 radical (unpaired) electrons. The van der Waals surface area contributed by atoms with E-state index < -0.39 is 30.1 Å². The van der Waals surface area contributed by atoms with E-state index in [1.807, 2.05) is 48.5 Å². The zero-order valence-corrected chi connectivity index (χ0v) is 26.7. The molecule has 1 saturated carbocycles. The summed E-state index contributed by atoms with van der Waals surface area (Å²) in [6, 6.07) is 14.2. The first kappa shape index (κ1) is 31.3. The Kier molecular flexibility index (Phi) is 10.2. The van der Waals surface area contributed by atoms with Crippen molar-refractivity contribution in [2.24, 2.45) is 23.5 Å². The molecule has 0 bridgehead atoms. The molecule has 2 amide bonds. The molecule has 3 unspecified atom stereocenters. The number of nitrogens with zero attached hydrogens (tertiary/aromatic N) is 2. The van der Waals surface area contributed by atoms with Crippen LogP contribution >= 0.6 is 27.3 Å². The number of carboxylic acid groups (broad SMARTS) is 1. The van der Waals surface area contributed by atoms with E-state index >= 15 is 0 Å². The molecule has 6 atom stereocenters. The van der Waals surface area contributed by atoms with Gasteiger partial charge in [0, 0.05) is 16.6 Å². The smallest absolute Gasteiger partial charge is 0.306 e. The van der Waals surface area contributed by atoms with Crippen LogP contribution in [0, 0.1) is 17.8 Å². The molecule has 3 aromatic rings. The van der Waals surface area contributed by atoms with Gasteiger partial charge in [0.05, 0.1) is 22.7 Å². The quantitative estimate of drug-likeness (QED) is 0.167. The molecule has 1 aliphatic carbocycles. The molecule has 1 saturated heterocycles. The fourth-order valence-corrected chi connectivity index (χ4v) is 7.60. The monoisotopic (exact) mass is 670 g/mol. The van der Waals surface area contributed by atoms with Crippen molar-refractivity contribution >= 4 is 61.0 Å². The van der Waals surface area contributed by atoms with Crippen molar-refractivity contribution < 1.29 is 24.2 Å². The van der Waals surface area contributed by atoms with E-state index in [1.54, 1.807) is 4.90 Å². The number of benzene rings is 2. The normalized spacial score (nSPS) is 22.7. The van der Waals surface area contributed by atoms with Gasteiger partial charge in [-0.15, -0.1) is 0 Å². The highest BCUT2D eigenvalue weighted by atomic mass is 79.9. The Hall–Kier alpha value is -3.18. The zero-order chi connectivity index (χ0) is 30.5. The van der Waals surface area contributed by atoms with Crippen LogP contribution in [0.15, 0.2) is 53.0 Å². The number of unbranched alkanes of at least 4 members (excludes halogenated alkanes) is 3. The van der Waals surface area contributed by atoms with Crippen molar-refractivity contribution in [2.45, 2.75) is 76.5 Å². The highest BCUT2D eigenvalue weighted by molar-refractivity contribution is 9.10. The van der Waals surface area contributed by atoms with Crippen LogP contribution in [-0.2, 0) is 14.4 Å². The number of aromatic nitrogens is 1. The molecule has 9 nitrogen and oxygen atoms in total. The first-order valence-corrected chi connectivity index (χ1v) is 16.7. The maximum absolute atomic E-state index is 14.0. The van der Waals surface area contributed by atoms with Crippen LogP contribution in [0.1, 0.15) is 58.3 Å². The fraction of sp³-hybridized carbons (Fsp3) is 0.500. The first-order chi connectivity index (χ1) is 20.7. The Bertz CT molecular complexity index is 1440. The van der Waals surface area contributed by atoms with Gasteiger partial charge in [-0.05, 0) is 55.0 Å². The number of fused-ring (bicyclic) bond motifs is 1. The highest BCUT2D eigenvalue weighted by Crippen LogP contribution is 2.46. The number of para-hydroxylation sites is 1. The second kappa shape index (κ2) is 14.1. The third-order valence-corrected chi connectivity index (χ3v) is 10.1. The van der Waals surface area contributed by atoms with Crippen molar-refractivity contribution in [1.29, 1.82) is 0 Å². The Morgan fingerprint density at radius 2 is 1.86 bits per heavy atom. The van der Waals surface area contributed by atoms with Crippen molar-refractivity contribution in [1.82, 2.24) is 9.88 Å². The molecule has 1 aliphatic heterocycles. The number of thiazole rings is 1. The molecule has 11 heteroatoms. The molecule has 2 fully saturated rings. The average Bonchev–Trinajstić information content (AvgIpc) is 3.54. The van der Waals surface area contributed by atoms with Crippen LogP contribution in [0.4, 0.5) is 5.69 Å². The summed E-state index contributed by atoms with van der Waals surface area (Å²) in [5, 5.41) is 13.1. The van der Waals surface area contributed by atoms with Gasteiger partial charge in [0.1, 0.15) is 18.2 Å². The number of ether oxygens (including phenoxy) is 1. The predicted molar refractivity (Wildman–Crippen MR) is 171 cm³/mol. The molecule has 2 aliphatic rings. The maximum atomic E-state index is 14.0. The summed E-state index contributed by atoms with van der Waals surface area (Å²) >= 11 is 4.91. The lowest BCUT2D eigenvalue weighted by Gasteiger charge is -2.28. The van der Waals surface area contributed by atoms with E-state index in [0.29, 0.717) is 29.9 Å². The lowest BCUT2D eigenvalue weighted by Crippen LogP contribution is -2.49. The highest BCUT2D eigenvalue weighted by Gasteiger charge is 2.46. The minimum absolute atomic E-state index is 0.158. The number of halogens is 1. The van der Waals surface area contributed by atoms with Gasteiger partial charge in [-0.25, -0.2) is 4.98 Å². The lowest BCUT2D eigenvalue weighted by atomic mass is 9.96. The van der Waals surface area contributed by atoms with Crippen LogP contribution < -0.4 is 15.8 Å². The molecule has 230 valence electrons. The number of carboxylic acids is 1. The predicted octanol–water partition coefficient (Wildman–Crippen LogP) is 6.07. The molecule has 4 N–H and O–H groups in total. The zero-order valence-electron chi connectivity index (χ0n) is 24.3. The van der Waals surface area contributed by atoms with Gasteiger partial charge in [0.15, 0.2) is 0 Å². The van der Waals surface area contributed by atoms with Gasteiger partial charge < -0.3 is 25.8 Å². The second-order valence-electron chi connectivity index (χ2n) is 11.9. The number of aliphatic carboxylic acids is 1. The average molecular weight is 672 g/mol. The molecule has 2 heterocycles. The Morgan fingerprint density at radius 3 is 2.56 bits per heavy atom. The summed E-state index contributed by atoms with van der Waals surface area (Å²) in [5.41, 5.74) is 7.46. The molecule has 0 spiro atoms. The summed E-state index contributed by atoms with van der Waals surface area (Å²) in [6.45, 7) is 2.42. The lowest BCUT2D eigenvalue weighted by molar-refractivity contribution is -0.139. The van der Waals surface area contributed by atoms with Gasteiger partial charge in [-0.3, -0.25) is 14.4 Å². The Morgan fingerprint density at radius 1 is 1.12 bits per heavy atom. The number of amides is 2. The number of rotatable bonds is 15. The molecule has 1 aromatic heterocycles. The van der Waals surface area contributed by atoms with E-state index in [9.17, 15) is 19.5 Å². The number of carbonyl (C=O) groups excluding carboxylic acids is 2. The van der Waals surface area contributed by atoms with E-state index in [1.165, 1.54) is 11.3 Å².